The number of nitrogens with one attached hydrogen (secondary N) is 1. The van der Waals surface area contributed by atoms with Gasteiger partial charge in [-0.1, -0.05) is 19.3 Å². The highest BCUT2D eigenvalue weighted by molar-refractivity contribution is 7.90. The van der Waals surface area contributed by atoms with Gasteiger partial charge in [-0.05, 0) is 38.8 Å². The zero-order chi connectivity index (χ0) is 28.7. The number of anilines is 2. The molecular weight excluding hydrogens is 538 g/mol. The molecule has 2 aliphatic rings. The van der Waals surface area contributed by atoms with E-state index in [1.54, 1.807) is 19.5 Å². The topological polar surface area (TPSA) is 115 Å². The standard InChI is InChI=1S/C30H37N7O3S/c1-19-24-16-32-37(27(24)14-26(33-19)25-15-31-11-10-28(25)40-3)30-13-23(36-17-21(20(36)2)18-41(4,38)39)12-29(35-30)34-22-8-6-5-7-9-22/h10-16,20-22H,5-9,17-18H2,1-4H3,(H,34,35)/t20-,21-/m1/s1. The number of aryl methyl sites for hydroxylation is 1. The van der Waals surface area contributed by atoms with E-state index < -0.39 is 9.84 Å². The summed E-state index contributed by atoms with van der Waals surface area (Å²) in [4.78, 5) is 16.4. The third-order valence-electron chi connectivity index (χ3n) is 8.46. The number of nitrogens with zero attached hydrogens (tertiary/aromatic N) is 6. The predicted molar refractivity (Wildman–Crippen MR) is 162 cm³/mol. The number of ether oxygens (including phenoxy) is 1. The first-order valence-electron chi connectivity index (χ1n) is 14.3. The van der Waals surface area contributed by atoms with E-state index in [0.717, 1.165) is 52.2 Å². The number of hydrogen-bond donors (Lipinski definition) is 1. The lowest BCUT2D eigenvalue weighted by atomic mass is 9.91. The van der Waals surface area contributed by atoms with Crippen molar-refractivity contribution in [2.45, 2.75) is 58.0 Å². The summed E-state index contributed by atoms with van der Waals surface area (Å²) in [6.45, 7) is 4.76. The average molecular weight is 576 g/mol. The van der Waals surface area contributed by atoms with Crippen LogP contribution < -0.4 is 15.0 Å². The number of fused-ring (bicyclic) bond motifs is 1. The van der Waals surface area contributed by atoms with E-state index in [4.69, 9.17) is 19.8 Å². The number of rotatable bonds is 8. The van der Waals surface area contributed by atoms with Gasteiger partial charge in [-0.2, -0.15) is 5.10 Å². The van der Waals surface area contributed by atoms with Crippen molar-refractivity contribution < 1.29 is 13.2 Å². The predicted octanol–water partition coefficient (Wildman–Crippen LogP) is 4.81. The number of methoxy groups -OCH3 is 1. The highest BCUT2D eigenvalue weighted by atomic mass is 32.2. The molecule has 216 valence electrons. The Morgan fingerprint density at radius 1 is 1.10 bits per heavy atom. The molecule has 1 saturated heterocycles. The molecule has 2 atom stereocenters. The highest BCUT2D eigenvalue weighted by Crippen LogP contribution is 2.36. The fourth-order valence-electron chi connectivity index (χ4n) is 6.17. The van der Waals surface area contributed by atoms with Crippen molar-refractivity contribution in [3.63, 3.8) is 0 Å². The third kappa shape index (κ3) is 5.59. The van der Waals surface area contributed by atoms with Crippen LogP contribution in [0.5, 0.6) is 5.75 Å². The van der Waals surface area contributed by atoms with Crippen LogP contribution in [0.2, 0.25) is 0 Å². The SMILES string of the molecule is COc1ccncc1-c1cc2c(cnn2-c2cc(N3C[C@H](CS(C)(=O)=O)[C@H]3C)cc(NC3CCCCC3)n2)c(C)n1. The first kappa shape index (κ1) is 27.4. The molecule has 1 N–H and O–H groups in total. The third-order valence-corrected chi connectivity index (χ3v) is 9.49. The van der Waals surface area contributed by atoms with Gasteiger partial charge < -0.3 is 15.0 Å². The second kappa shape index (κ2) is 10.9. The van der Waals surface area contributed by atoms with E-state index in [9.17, 15) is 8.42 Å². The van der Waals surface area contributed by atoms with Gasteiger partial charge in [0.05, 0.1) is 35.8 Å². The lowest BCUT2D eigenvalue weighted by molar-refractivity contribution is 0.341. The Balaban J connectivity index is 1.42. The molecule has 6 rings (SSSR count). The van der Waals surface area contributed by atoms with Crippen molar-refractivity contribution in [2.24, 2.45) is 5.92 Å². The molecule has 5 heterocycles. The molecule has 10 nitrogen and oxygen atoms in total. The monoisotopic (exact) mass is 575 g/mol. The molecule has 0 aromatic carbocycles. The largest absolute Gasteiger partial charge is 0.496 e. The van der Waals surface area contributed by atoms with E-state index in [-0.39, 0.29) is 17.7 Å². The van der Waals surface area contributed by atoms with Crippen LogP contribution in [-0.4, -0.2) is 70.9 Å². The van der Waals surface area contributed by atoms with Gasteiger partial charge in [-0.15, -0.1) is 0 Å². The fourth-order valence-corrected chi connectivity index (χ4v) is 7.33. The van der Waals surface area contributed by atoms with Gasteiger partial charge in [0.25, 0.3) is 0 Å². The molecule has 41 heavy (non-hydrogen) atoms. The van der Waals surface area contributed by atoms with Crippen LogP contribution in [-0.2, 0) is 9.84 Å². The maximum absolute atomic E-state index is 12.0. The van der Waals surface area contributed by atoms with Crippen LogP contribution in [0.25, 0.3) is 28.0 Å². The van der Waals surface area contributed by atoms with Crippen LogP contribution in [0, 0.1) is 12.8 Å². The van der Waals surface area contributed by atoms with E-state index >= 15 is 0 Å². The quantitative estimate of drug-likeness (QED) is 0.316. The summed E-state index contributed by atoms with van der Waals surface area (Å²) in [5.74, 6) is 2.52. The Labute approximate surface area is 241 Å². The summed E-state index contributed by atoms with van der Waals surface area (Å²) in [6.07, 6.45) is 12.6. The maximum atomic E-state index is 12.0. The Bertz CT molecular complexity index is 1680. The molecule has 1 saturated carbocycles. The molecule has 4 aromatic heterocycles. The number of hydrogen-bond acceptors (Lipinski definition) is 9. The van der Waals surface area contributed by atoms with E-state index in [1.807, 2.05) is 36.0 Å². The van der Waals surface area contributed by atoms with E-state index in [0.29, 0.717) is 24.2 Å². The summed E-state index contributed by atoms with van der Waals surface area (Å²) < 4.78 is 31.4. The highest BCUT2D eigenvalue weighted by Gasteiger charge is 2.38. The van der Waals surface area contributed by atoms with Crippen molar-refractivity contribution in [2.75, 3.05) is 35.9 Å². The van der Waals surface area contributed by atoms with E-state index in [1.165, 1.54) is 25.5 Å². The van der Waals surface area contributed by atoms with Gasteiger partial charge in [0.15, 0.2) is 5.82 Å². The minimum absolute atomic E-state index is 0.104. The second-order valence-corrected chi connectivity index (χ2v) is 13.6. The summed E-state index contributed by atoms with van der Waals surface area (Å²) >= 11 is 0. The molecule has 0 radical (unpaired) electrons. The molecular formula is C30H37N7O3S. The first-order chi connectivity index (χ1) is 19.7. The van der Waals surface area contributed by atoms with Gasteiger partial charge >= 0.3 is 0 Å². The number of sulfone groups is 1. The lowest BCUT2D eigenvalue weighted by Gasteiger charge is -2.48. The van der Waals surface area contributed by atoms with Crippen LogP contribution in [0.4, 0.5) is 11.5 Å². The van der Waals surface area contributed by atoms with Gasteiger partial charge in [0.1, 0.15) is 21.4 Å². The van der Waals surface area contributed by atoms with Gasteiger partial charge in [0, 0.05) is 72.1 Å². The molecule has 1 aliphatic carbocycles. The van der Waals surface area contributed by atoms with Crippen molar-refractivity contribution in [3.8, 4) is 22.8 Å². The van der Waals surface area contributed by atoms with Crippen molar-refractivity contribution >= 4 is 32.2 Å². The van der Waals surface area contributed by atoms with Gasteiger partial charge in [-0.3, -0.25) is 9.97 Å². The average Bonchev–Trinajstić information content (AvgIpc) is 3.39. The molecule has 0 amide bonds. The van der Waals surface area contributed by atoms with Crippen LogP contribution in [0.15, 0.2) is 42.9 Å². The van der Waals surface area contributed by atoms with E-state index in [2.05, 4.69) is 28.2 Å². The molecule has 11 heteroatoms. The fraction of sp³-hybridized carbons (Fsp3) is 0.467. The summed E-state index contributed by atoms with van der Waals surface area (Å²) in [6, 6.07) is 8.46. The Hall–Kier alpha value is -3.73. The van der Waals surface area contributed by atoms with Crippen molar-refractivity contribution in [1.82, 2.24) is 24.7 Å². The number of pyridine rings is 3. The minimum Gasteiger partial charge on any atom is -0.496 e. The molecule has 0 bridgehead atoms. The smallest absolute Gasteiger partial charge is 0.158 e. The van der Waals surface area contributed by atoms with Crippen LogP contribution in [0.3, 0.4) is 0 Å². The second-order valence-electron chi connectivity index (χ2n) is 11.5. The van der Waals surface area contributed by atoms with Gasteiger partial charge in [0.2, 0.25) is 0 Å². The summed E-state index contributed by atoms with van der Waals surface area (Å²) in [5, 5.41) is 9.39. The molecule has 0 unspecified atom stereocenters. The zero-order valence-electron chi connectivity index (χ0n) is 24.0. The maximum Gasteiger partial charge on any atom is 0.158 e. The van der Waals surface area contributed by atoms with Gasteiger partial charge in [-0.25, -0.2) is 18.1 Å². The molecule has 0 spiro atoms. The number of aromatic nitrogens is 5. The minimum atomic E-state index is -3.04. The molecule has 1 aliphatic heterocycles. The molecule has 2 fully saturated rings. The Kier molecular flexibility index (Phi) is 7.31. The van der Waals surface area contributed by atoms with Crippen molar-refractivity contribution in [3.05, 3.63) is 48.5 Å². The molecule has 4 aromatic rings. The normalized spacial score (nSPS) is 19.8. The van der Waals surface area contributed by atoms with Crippen LogP contribution >= 0.6 is 0 Å². The van der Waals surface area contributed by atoms with Crippen molar-refractivity contribution in [1.29, 1.82) is 0 Å². The summed E-state index contributed by atoms with van der Waals surface area (Å²) in [7, 11) is -1.40. The lowest BCUT2D eigenvalue weighted by Crippen LogP contribution is -2.57. The zero-order valence-corrected chi connectivity index (χ0v) is 24.9. The Morgan fingerprint density at radius 3 is 2.63 bits per heavy atom. The van der Waals surface area contributed by atoms with Crippen LogP contribution in [0.1, 0.15) is 44.7 Å². The summed E-state index contributed by atoms with van der Waals surface area (Å²) in [5.41, 5.74) is 4.30. The Morgan fingerprint density at radius 2 is 1.90 bits per heavy atom. The first-order valence-corrected chi connectivity index (χ1v) is 16.3.